The maximum atomic E-state index is 5.74. The fourth-order valence-electron chi connectivity index (χ4n) is 2.20. The average Bonchev–Trinajstić information content (AvgIpc) is 2.41. The summed E-state index contributed by atoms with van der Waals surface area (Å²) < 4.78 is 5.74. The molecule has 0 amide bonds. The van der Waals surface area contributed by atoms with Gasteiger partial charge < -0.3 is 10.1 Å². The minimum Gasteiger partial charge on any atom is -0.381 e. The standard InChI is InChI=1S/C18H31NO/c1-15(2)14-20-11-10-18(13-19-16(3)4)12-17-8-6-5-7-9-17/h5-9,15-16,18-19H,10-14H2,1-4H3. The van der Waals surface area contributed by atoms with Gasteiger partial charge in [-0.25, -0.2) is 0 Å². The highest BCUT2D eigenvalue weighted by molar-refractivity contribution is 5.15. The maximum absolute atomic E-state index is 5.74. The van der Waals surface area contributed by atoms with E-state index < -0.39 is 0 Å². The van der Waals surface area contributed by atoms with Crippen molar-refractivity contribution in [1.82, 2.24) is 5.32 Å². The molecular weight excluding hydrogens is 246 g/mol. The summed E-state index contributed by atoms with van der Waals surface area (Å²) in [6, 6.07) is 11.3. The van der Waals surface area contributed by atoms with Gasteiger partial charge in [0.1, 0.15) is 0 Å². The van der Waals surface area contributed by atoms with Crippen molar-refractivity contribution in [2.75, 3.05) is 19.8 Å². The van der Waals surface area contributed by atoms with Crippen LogP contribution in [0.25, 0.3) is 0 Å². The fraction of sp³-hybridized carbons (Fsp3) is 0.667. The van der Waals surface area contributed by atoms with Crippen LogP contribution in [0.1, 0.15) is 39.7 Å². The van der Waals surface area contributed by atoms with Crippen LogP contribution in [0.5, 0.6) is 0 Å². The second-order valence-corrected chi connectivity index (χ2v) is 6.38. The predicted molar refractivity (Wildman–Crippen MR) is 87.0 cm³/mol. The van der Waals surface area contributed by atoms with E-state index in [1.165, 1.54) is 5.56 Å². The Morgan fingerprint density at radius 1 is 1.05 bits per heavy atom. The molecule has 0 aliphatic heterocycles. The Bertz CT molecular complexity index is 335. The first kappa shape index (κ1) is 17.2. The molecule has 0 aliphatic rings. The first-order valence-corrected chi connectivity index (χ1v) is 7.93. The molecule has 0 bridgehead atoms. The molecule has 2 heteroatoms. The van der Waals surface area contributed by atoms with Gasteiger partial charge in [0.2, 0.25) is 0 Å². The largest absolute Gasteiger partial charge is 0.381 e. The Hall–Kier alpha value is -0.860. The van der Waals surface area contributed by atoms with Gasteiger partial charge in [0.05, 0.1) is 0 Å². The van der Waals surface area contributed by atoms with Gasteiger partial charge in [-0.05, 0) is 36.8 Å². The van der Waals surface area contributed by atoms with Gasteiger partial charge in [-0.2, -0.15) is 0 Å². The van der Waals surface area contributed by atoms with Crippen LogP contribution in [0.2, 0.25) is 0 Å². The van der Waals surface area contributed by atoms with E-state index in [1.54, 1.807) is 0 Å². The zero-order valence-electron chi connectivity index (χ0n) is 13.6. The van der Waals surface area contributed by atoms with Crippen LogP contribution in [0.3, 0.4) is 0 Å². The molecule has 0 fully saturated rings. The number of ether oxygens (including phenoxy) is 1. The lowest BCUT2D eigenvalue weighted by molar-refractivity contribution is 0.0973. The van der Waals surface area contributed by atoms with Crippen molar-refractivity contribution in [3.05, 3.63) is 35.9 Å². The van der Waals surface area contributed by atoms with Gasteiger partial charge in [0.15, 0.2) is 0 Å². The minimum absolute atomic E-state index is 0.546. The molecule has 2 nitrogen and oxygen atoms in total. The van der Waals surface area contributed by atoms with E-state index in [9.17, 15) is 0 Å². The van der Waals surface area contributed by atoms with Crippen molar-refractivity contribution in [3.63, 3.8) is 0 Å². The number of nitrogens with one attached hydrogen (secondary N) is 1. The molecule has 1 N–H and O–H groups in total. The van der Waals surface area contributed by atoms with Gasteiger partial charge in [0, 0.05) is 19.3 Å². The van der Waals surface area contributed by atoms with E-state index in [0.29, 0.717) is 17.9 Å². The van der Waals surface area contributed by atoms with Crippen LogP contribution >= 0.6 is 0 Å². The lowest BCUT2D eigenvalue weighted by Crippen LogP contribution is -2.30. The second kappa shape index (κ2) is 9.95. The summed E-state index contributed by atoms with van der Waals surface area (Å²) in [5.74, 6) is 1.27. The van der Waals surface area contributed by atoms with Gasteiger partial charge in [-0.15, -0.1) is 0 Å². The third-order valence-corrected chi connectivity index (χ3v) is 3.30. The highest BCUT2D eigenvalue weighted by Gasteiger charge is 2.10. The van der Waals surface area contributed by atoms with E-state index in [2.05, 4.69) is 63.3 Å². The summed E-state index contributed by atoms with van der Waals surface area (Å²) in [5, 5.41) is 3.56. The fourth-order valence-corrected chi connectivity index (χ4v) is 2.20. The molecule has 0 spiro atoms. The molecule has 1 unspecified atom stereocenters. The first-order valence-electron chi connectivity index (χ1n) is 7.93. The van der Waals surface area contributed by atoms with Crippen molar-refractivity contribution in [2.24, 2.45) is 11.8 Å². The Morgan fingerprint density at radius 2 is 1.75 bits per heavy atom. The van der Waals surface area contributed by atoms with Gasteiger partial charge in [-0.1, -0.05) is 58.0 Å². The number of rotatable bonds is 10. The Kier molecular flexibility index (Phi) is 8.56. The van der Waals surface area contributed by atoms with Gasteiger partial charge in [-0.3, -0.25) is 0 Å². The highest BCUT2D eigenvalue weighted by Crippen LogP contribution is 2.12. The minimum atomic E-state index is 0.546. The van der Waals surface area contributed by atoms with E-state index in [0.717, 1.165) is 32.6 Å². The van der Waals surface area contributed by atoms with Crippen molar-refractivity contribution in [2.45, 2.75) is 46.6 Å². The molecule has 0 saturated carbocycles. The molecule has 0 radical (unpaired) electrons. The zero-order valence-corrected chi connectivity index (χ0v) is 13.6. The van der Waals surface area contributed by atoms with Crippen LogP contribution in [-0.2, 0) is 11.2 Å². The van der Waals surface area contributed by atoms with Crippen molar-refractivity contribution >= 4 is 0 Å². The van der Waals surface area contributed by atoms with E-state index in [1.807, 2.05) is 0 Å². The smallest absolute Gasteiger partial charge is 0.0488 e. The first-order chi connectivity index (χ1) is 9.58. The maximum Gasteiger partial charge on any atom is 0.0488 e. The third-order valence-electron chi connectivity index (χ3n) is 3.30. The molecule has 0 aliphatic carbocycles. The van der Waals surface area contributed by atoms with Crippen molar-refractivity contribution in [3.8, 4) is 0 Å². The Labute approximate surface area is 124 Å². The van der Waals surface area contributed by atoms with Crippen LogP contribution in [-0.4, -0.2) is 25.8 Å². The average molecular weight is 277 g/mol. The predicted octanol–water partition coefficient (Wildman–Crippen LogP) is 3.91. The molecule has 1 rings (SSSR count). The molecule has 20 heavy (non-hydrogen) atoms. The summed E-state index contributed by atoms with van der Waals surface area (Å²) >= 11 is 0. The molecular formula is C18H31NO. The number of hydrogen-bond donors (Lipinski definition) is 1. The third kappa shape index (κ3) is 8.34. The monoisotopic (exact) mass is 277 g/mol. The summed E-state index contributed by atoms with van der Waals surface area (Å²) in [5.41, 5.74) is 1.42. The van der Waals surface area contributed by atoms with Crippen LogP contribution in [0.4, 0.5) is 0 Å². The quantitative estimate of drug-likeness (QED) is 0.655. The Balaban J connectivity index is 2.39. The SMILES string of the molecule is CC(C)COCCC(CNC(C)C)Cc1ccccc1. The van der Waals surface area contributed by atoms with Crippen molar-refractivity contribution < 1.29 is 4.74 Å². The lowest BCUT2D eigenvalue weighted by atomic mass is 9.96. The zero-order chi connectivity index (χ0) is 14.8. The van der Waals surface area contributed by atoms with Crippen molar-refractivity contribution in [1.29, 1.82) is 0 Å². The number of hydrogen-bond acceptors (Lipinski definition) is 2. The van der Waals surface area contributed by atoms with Crippen LogP contribution in [0.15, 0.2) is 30.3 Å². The normalized spacial score (nSPS) is 13.1. The van der Waals surface area contributed by atoms with Crippen LogP contribution in [0, 0.1) is 11.8 Å². The second-order valence-electron chi connectivity index (χ2n) is 6.38. The molecule has 1 aromatic rings. The molecule has 1 atom stereocenters. The summed E-state index contributed by atoms with van der Waals surface area (Å²) in [7, 11) is 0. The van der Waals surface area contributed by atoms with Gasteiger partial charge in [0.25, 0.3) is 0 Å². The molecule has 0 aromatic heterocycles. The van der Waals surface area contributed by atoms with Gasteiger partial charge >= 0.3 is 0 Å². The summed E-state index contributed by atoms with van der Waals surface area (Å²) in [4.78, 5) is 0. The summed E-state index contributed by atoms with van der Waals surface area (Å²) in [6.07, 6.45) is 2.26. The Morgan fingerprint density at radius 3 is 2.35 bits per heavy atom. The van der Waals surface area contributed by atoms with E-state index >= 15 is 0 Å². The molecule has 0 saturated heterocycles. The highest BCUT2D eigenvalue weighted by atomic mass is 16.5. The van der Waals surface area contributed by atoms with E-state index in [4.69, 9.17) is 4.74 Å². The van der Waals surface area contributed by atoms with Crippen LogP contribution < -0.4 is 5.32 Å². The lowest BCUT2D eigenvalue weighted by Gasteiger charge is -2.20. The topological polar surface area (TPSA) is 21.3 Å². The molecule has 0 heterocycles. The number of benzene rings is 1. The molecule has 1 aromatic carbocycles. The van der Waals surface area contributed by atoms with E-state index in [-0.39, 0.29) is 0 Å². The summed E-state index contributed by atoms with van der Waals surface area (Å²) in [6.45, 7) is 11.6. The molecule has 114 valence electrons.